The Balaban J connectivity index is 2.18. The molecular formula is C14H23N3O2S. The molecule has 1 aromatic carbocycles. The highest BCUT2D eigenvalue weighted by atomic mass is 32.2. The molecule has 1 saturated heterocycles. The minimum Gasteiger partial charge on any atom is -0.369 e. The average Bonchev–Trinajstić information content (AvgIpc) is 2.39. The van der Waals surface area contributed by atoms with E-state index in [0.29, 0.717) is 6.54 Å². The van der Waals surface area contributed by atoms with E-state index >= 15 is 0 Å². The molecule has 0 spiro atoms. The van der Waals surface area contributed by atoms with Gasteiger partial charge in [0, 0.05) is 45.5 Å². The number of sulfonamides is 1. The quantitative estimate of drug-likeness (QED) is 0.826. The highest BCUT2D eigenvalue weighted by molar-refractivity contribution is 7.88. The number of rotatable bonds is 4. The van der Waals surface area contributed by atoms with Crippen LogP contribution in [-0.2, 0) is 16.6 Å². The molecule has 1 aliphatic rings. The number of benzene rings is 1. The predicted molar refractivity (Wildman–Crippen MR) is 82.5 cm³/mol. The second kappa shape index (κ2) is 6.11. The van der Waals surface area contributed by atoms with Crippen molar-refractivity contribution in [2.75, 3.05) is 51.4 Å². The maximum Gasteiger partial charge on any atom is 0.211 e. The fourth-order valence-corrected chi connectivity index (χ4v) is 2.73. The molecule has 6 heteroatoms. The summed E-state index contributed by atoms with van der Waals surface area (Å²) in [5.41, 5.74) is 2.21. The van der Waals surface area contributed by atoms with Crippen LogP contribution in [0.3, 0.4) is 0 Å². The largest absolute Gasteiger partial charge is 0.369 e. The Labute approximate surface area is 121 Å². The number of para-hydroxylation sites is 1. The van der Waals surface area contributed by atoms with Crippen molar-refractivity contribution in [3.8, 4) is 0 Å². The lowest BCUT2D eigenvalue weighted by Gasteiger charge is -2.35. The van der Waals surface area contributed by atoms with Gasteiger partial charge in [-0.1, -0.05) is 18.2 Å². The summed E-state index contributed by atoms with van der Waals surface area (Å²) >= 11 is 0. The Morgan fingerprint density at radius 2 is 1.75 bits per heavy atom. The van der Waals surface area contributed by atoms with Gasteiger partial charge in [-0.25, -0.2) is 12.7 Å². The van der Waals surface area contributed by atoms with E-state index in [1.807, 2.05) is 18.2 Å². The van der Waals surface area contributed by atoms with Crippen molar-refractivity contribution < 1.29 is 8.42 Å². The van der Waals surface area contributed by atoms with E-state index in [4.69, 9.17) is 0 Å². The third-order valence-corrected chi connectivity index (χ3v) is 5.06. The van der Waals surface area contributed by atoms with Gasteiger partial charge in [0.1, 0.15) is 0 Å². The van der Waals surface area contributed by atoms with Gasteiger partial charge in [0.05, 0.1) is 6.26 Å². The number of likely N-dealkylation sites (N-methyl/N-ethyl adjacent to an activating group) is 1. The van der Waals surface area contributed by atoms with Crippen molar-refractivity contribution in [1.82, 2.24) is 9.21 Å². The number of hydrogen-bond donors (Lipinski definition) is 0. The van der Waals surface area contributed by atoms with Gasteiger partial charge in [-0.3, -0.25) is 0 Å². The van der Waals surface area contributed by atoms with Gasteiger partial charge in [-0.2, -0.15) is 0 Å². The average molecular weight is 297 g/mol. The summed E-state index contributed by atoms with van der Waals surface area (Å²) in [7, 11) is 0.596. The van der Waals surface area contributed by atoms with Crippen LogP contribution >= 0.6 is 0 Å². The molecule has 1 heterocycles. The van der Waals surface area contributed by atoms with Crippen LogP contribution in [0.15, 0.2) is 24.3 Å². The van der Waals surface area contributed by atoms with Crippen LogP contribution in [-0.4, -0.2) is 64.2 Å². The Hall–Kier alpha value is -1.11. The van der Waals surface area contributed by atoms with E-state index in [1.54, 1.807) is 7.05 Å². The molecule has 0 amide bonds. The van der Waals surface area contributed by atoms with E-state index in [2.05, 4.69) is 22.9 Å². The van der Waals surface area contributed by atoms with E-state index in [1.165, 1.54) is 10.6 Å². The molecule has 0 saturated carbocycles. The summed E-state index contributed by atoms with van der Waals surface area (Å²) < 4.78 is 24.5. The highest BCUT2D eigenvalue weighted by Crippen LogP contribution is 2.23. The first kappa shape index (κ1) is 15.3. The molecule has 1 aliphatic heterocycles. The monoisotopic (exact) mass is 297 g/mol. The van der Waals surface area contributed by atoms with Crippen LogP contribution < -0.4 is 4.90 Å². The molecule has 20 heavy (non-hydrogen) atoms. The minimum atomic E-state index is -3.15. The Morgan fingerprint density at radius 3 is 2.35 bits per heavy atom. The smallest absolute Gasteiger partial charge is 0.211 e. The van der Waals surface area contributed by atoms with Crippen LogP contribution in [0.4, 0.5) is 5.69 Å². The maximum absolute atomic E-state index is 11.6. The molecule has 0 radical (unpaired) electrons. The minimum absolute atomic E-state index is 0.418. The third-order valence-electron chi connectivity index (χ3n) is 3.79. The lowest BCUT2D eigenvalue weighted by molar-refractivity contribution is 0.312. The molecule has 0 bridgehead atoms. The van der Waals surface area contributed by atoms with Crippen molar-refractivity contribution in [1.29, 1.82) is 0 Å². The van der Waals surface area contributed by atoms with E-state index in [0.717, 1.165) is 37.4 Å². The molecule has 0 atom stereocenters. The van der Waals surface area contributed by atoms with E-state index in [-0.39, 0.29) is 0 Å². The molecule has 5 nitrogen and oxygen atoms in total. The summed E-state index contributed by atoms with van der Waals surface area (Å²) in [6.07, 6.45) is 1.24. The molecule has 2 rings (SSSR count). The van der Waals surface area contributed by atoms with Crippen LogP contribution in [0.25, 0.3) is 0 Å². The van der Waals surface area contributed by atoms with Crippen LogP contribution in [0.2, 0.25) is 0 Å². The molecule has 1 aromatic rings. The van der Waals surface area contributed by atoms with E-state index in [9.17, 15) is 8.42 Å². The number of nitrogens with zero attached hydrogens (tertiary/aromatic N) is 3. The molecule has 0 aromatic heterocycles. The molecule has 0 aliphatic carbocycles. The zero-order chi connectivity index (χ0) is 14.8. The first-order valence-electron chi connectivity index (χ1n) is 6.80. The van der Waals surface area contributed by atoms with Gasteiger partial charge < -0.3 is 9.80 Å². The number of anilines is 1. The Bertz CT molecular complexity index is 551. The summed E-state index contributed by atoms with van der Waals surface area (Å²) in [6, 6.07) is 8.06. The molecule has 0 N–H and O–H groups in total. The SMILES string of the molecule is CN1CCN(c2ccccc2CN(C)S(C)(=O)=O)CC1. The van der Waals surface area contributed by atoms with Crippen LogP contribution in [0.1, 0.15) is 5.56 Å². The van der Waals surface area contributed by atoms with Crippen LogP contribution in [0, 0.1) is 0 Å². The van der Waals surface area contributed by atoms with Gasteiger partial charge in [0.2, 0.25) is 10.0 Å². The normalized spacial score (nSPS) is 17.7. The van der Waals surface area contributed by atoms with E-state index < -0.39 is 10.0 Å². The fourth-order valence-electron chi connectivity index (χ4n) is 2.36. The molecule has 112 valence electrons. The lowest BCUT2D eigenvalue weighted by Crippen LogP contribution is -2.45. The summed E-state index contributed by atoms with van der Waals surface area (Å²) in [6.45, 7) is 4.46. The Morgan fingerprint density at radius 1 is 1.15 bits per heavy atom. The van der Waals surface area contributed by atoms with Crippen molar-refractivity contribution >= 4 is 15.7 Å². The second-order valence-corrected chi connectivity index (χ2v) is 7.53. The first-order valence-corrected chi connectivity index (χ1v) is 8.65. The van der Waals surface area contributed by atoms with Gasteiger partial charge in [-0.05, 0) is 18.7 Å². The van der Waals surface area contributed by atoms with Crippen molar-refractivity contribution in [2.45, 2.75) is 6.54 Å². The third kappa shape index (κ3) is 3.71. The molecule has 1 fully saturated rings. The second-order valence-electron chi connectivity index (χ2n) is 5.44. The van der Waals surface area contributed by atoms with Gasteiger partial charge in [0.25, 0.3) is 0 Å². The fraction of sp³-hybridized carbons (Fsp3) is 0.571. The molecule has 0 unspecified atom stereocenters. The lowest BCUT2D eigenvalue weighted by atomic mass is 10.1. The summed E-state index contributed by atoms with van der Waals surface area (Å²) in [5, 5.41) is 0. The standard InChI is InChI=1S/C14H23N3O2S/c1-15-8-10-17(11-9-15)14-7-5-4-6-13(14)12-16(2)20(3,18)19/h4-7H,8-12H2,1-3H3. The zero-order valence-electron chi connectivity index (χ0n) is 12.4. The number of hydrogen-bond acceptors (Lipinski definition) is 4. The summed E-state index contributed by atoms with van der Waals surface area (Å²) in [5.74, 6) is 0. The predicted octanol–water partition coefficient (Wildman–Crippen LogP) is 0.830. The zero-order valence-corrected chi connectivity index (χ0v) is 13.2. The highest BCUT2D eigenvalue weighted by Gasteiger charge is 2.19. The topological polar surface area (TPSA) is 43.9 Å². The van der Waals surface area contributed by atoms with Gasteiger partial charge in [0.15, 0.2) is 0 Å². The van der Waals surface area contributed by atoms with Crippen molar-refractivity contribution in [3.63, 3.8) is 0 Å². The summed E-state index contributed by atoms with van der Waals surface area (Å²) in [4.78, 5) is 4.65. The van der Waals surface area contributed by atoms with Gasteiger partial charge >= 0.3 is 0 Å². The maximum atomic E-state index is 11.6. The van der Waals surface area contributed by atoms with Crippen molar-refractivity contribution in [3.05, 3.63) is 29.8 Å². The number of piperazine rings is 1. The molecular weight excluding hydrogens is 274 g/mol. The van der Waals surface area contributed by atoms with Crippen molar-refractivity contribution in [2.24, 2.45) is 0 Å². The van der Waals surface area contributed by atoms with Crippen LogP contribution in [0.5, 0.6) is 0 Å². The first-order chi connectivity index (χ1) is 9.38. The van der Waals surface area contributed by atoms with Gasteiger partial charge in [-0.15, -0.1) is 0 Å². The Kier molecular flexibility index (Phi) is 4.67.